The average Bonchev–Trinajstić information content (AvgIpc) is 3.40. The summed E-state index contributed by atoms with van der Waals surface area (Å²) in [6, 6.07) is 19.0. The zero-order valence-electron chi connectivity index (χ0n) is 22.8. The number of fused-ring (bicyclic) bond motifs is 1. The molecule has 0 radical (unpaired) electrons. The van der Waals surface area contributed by atoms with Gasteiger partial charge in [-0.15, -0.1) is 0 Å². The van der Waals surface area contributed by atoms with Crippen LogP contribution in [0.25, 0.3) is 0 Å². The second-order valence-electron chi connectivity index (χ2n) is 9.91. The van der Waals surface area contributed by atoms with Gasteiger partial charge in [-0.2, -0.15) is 0 Å². The van der Waals surface area contributed by atoms with Crippen LogP contribution in [0.1, 0.15) is 29.4 Å². The number of piperidine rings is 1. The number of carbonyl (C=O) groups is 2. The lowest BCUT2D eigenvalue weighted by atomic mass is 9.91. The number of esters is 1. The number of nitrogens with one attached hydrogen (secondary N) is 4. The normalized spacial score (nSPS) is 20.5. The summed E-state index contributed by atoms with van der Waals surface area (Å²) in [6.45, 7) is 2.57. The third-order valence-corrected chi connectivity index (χ3v) is 7.33. The highest BCUT2D eigenvalue weighted by molar-refractivity contribution is 5.75. The van der Waals surface area contributed by atoms with Gasteiger partial charge in [-0.25, -0.2) is 4.79 Å². The predicted molar refractivity (Wildman–Crippen MR) is 150 cm³/mol. The third kappa shape index (κ3) is 6.49. The minimum absolute atomic E-state index is 0.131. The van der Waals surface area contributed by atoms with Crippen molar-refractivity contribution in [3.8, 4) is 5.75 Å². The molecule has 3 aromatic rings. The van der Waals surface area contributed by atoms with Gasteiger partial charge in [-0.3, -0.25) is 19.7 Å². The molecule has 0 spiro atoms. The average molecular weight is 549 g/mol. The molecule has 1 amide bonds. The van der Waals surface area contributed by atoms with Gasteiger partial charge < -0.3 is 30.3 Å². The van der Waals surface area contributed by atoms with Gasteiger partial charge in [-0.05, 0) is 35.7 Å². The molecule has 5 rings (SSSR count). The van der Waals surface area contributed by atoms with Crippen molar-refractivity contribution < 1.29 is 23.8 Å². The molecule has 11 heteroatoms. The second kappa shape index (κ2) is 12.8. The number of benzene rings is 2. The number of rotatable bonds is 9. The van der Waals surface area contributed by atoms with E-state index in [9.17, 15) is 9.59 Å². The number of likely N-dealkylation sites (tertiary alicyclic amines) is 1. The first-order valence-electron chi connectivity index (χ1n) is 13.4. The number of ether oxygens (including phenoxy) is 3. The lowest BCUT2D eigenvalue weighted by molar-refractivity contribution is -0.148. The smallest absolute Gasteiger partial charge is 0.407 e. The summed E-state index contributed by atoms with van der Waals surface area (Å²) < 4.78 is 17.9. The van der Waals surface area contributed by atoms with Gasteiger partial charge in [0.15, 0.2) is 0 Å². The van der Waals surface area contributed by atoms with Crippen LogP contribution in [0.15, 0.2) is 66.9 Å². The maximum atomic E-state index is 12.7. The third-order valence-electron chi connectivity index (χ3n) is 7.33. The lowest BCUT2D eigenvalue weighted by Gasteiger charge is -2.37. The molecule has 1 saturated heterocycles. The van der Waals surface area contributed by atoms with E-state index in [1.807, 2.05) is 65.5 Å². The number of methoxy groups -OCH3 is 2. The van der Waals surface area contributed by atoms with Crippen molar-refractivity contribution in [3.05, 3.63) is 83.7 Å². The molecule has 2 aliphatic heterocycles. The number of nitrogens with zero attached hydrogens (tertiary/aromatic N) is 2. The Balaban J connectivity index is 1.23. The molecule has 3 atom stereocenters. The van der Waals surface area contributed by atoms with E-state index >= 15 is 0 Å². The molecule has 1 aromatic heterocycles. The van der Waals surface area contributed by atoms with Gasteiger partial charge in [0.1, 0.15) is 18.5 Å². The number of hydrogen-bond acceptors (Lipinski definition) is 9. The maximum Gasteiger partial charge on any atom is 0.407 e. The van der Waals surface area contributed by atoms with E-state index in [2.05, 4.69) is 32.3 Å². The predicted octanol–water partition coefficient (Wildman–Crippen LogP) is 3.00. The van der Waals surface area contributed by atoms with E-state index in [0.29, 0.717) is 32.7 Å². The van der Waals surface area contributed by atoms with Crippen molar-refractivity contribution in [2.75, 3.05) is 44.7 Å². The van der Waals surface area contributed by atoms with E-state index in [0.717, 1.165) is 28.3 Å². The Morgan fingerprint density at radius 1 is 1.07 bits per heavy atom. The molecule has 0 bridgehead atoms. The van der Waals surface area contributed by atoms with Crippen LogP contribution in [0.3, 0.4) is 0 Å². The van der Waals surface area contributed by atoms with Crippen LogP contribution in [-0.2, 0) is 27.4 Å². The molecule has 3 heterocycles. The van der Waals surface area contributed by atoms with E-state index in [1.165, 1.54) is 7.11 Å². The molecular formula is C29H36N6O5. The summed E-state index contributed by atoms with van der Waals surface area (Å²) in [4.78, 5) is 27.5. The zero-order valence-corrected chi connectivity index (χ0v) is 22.8. The molecule has 1 fully saturated rings. The fourth-order valence-electron chi connectivity index (χ4n) is 5.29. The second-order valence-corrected chi connectivity index (χ2v) is 9.91. The monoisotopic (exact) mass is 548 g/mol. The molecule has 0 aliphatic carbocycles. The Morgan fingerprint density at radius 2 is 1.93 bits per heavy atom. The van der Waals surface area contributed by atoms with Crippen molar-refractivity contribution >= 4 is 17.7 Å². The van der Waals surface area contributed by atoms with Crippen molar-refractivity contribution in [2.45, 2.75) is 31.8 Å². The van der Waals surface area contributed by atoms with Gasteiger partial charge in [-0.1, -0.05) is 36.4 Å². The molecule has 4 N–H and O–H groups in total. The molecule has 0 saturated carbocycles. The van der Waals surface area contributed by atoms with Gasteiger partial charge in [0.05, 0.1) is 32.5 Å². The Labute approximate surface area is 233 Å². The van der Waals surface area contributed by atoms with Crippen LogP contribution >= 0.6 is 0 Å². The number of aromatic nitrogens is 1. The molecule has 2 aromatic carbocycles. The molecule has 11 nitrogen and oxygen atoms in total. The molecule has 212 valence electrons. The Bertz CT molecular complexity index is 1300. The molecule has 40 heavy (non-hydrogen) atoms. The highest BCUT2D eigenvalue weighted by Gasteiger charge is 2.37. The first-order valence-corrected chi connectivity index (χ1v) is 13.4. The fraction of sp³-hybridized carbons (Fsp3) is 0.379. The van der Waals surface area contributed by atoms with Crippen molar-refractivity contribution in [3.63, 3.8) is 0 Å². The van der Waals surface area contributed by atoms with Crippen LogP contribution in [0.2, 0.25) is 0 Å². The zero-order chi connectivity index (χ0) is 27.9. The van der Waals surface area contributed by atoms with Crippen LogP contribution < -0.4 is 26.1 Å². The summed E-state index contributed by atoms with van der Waals surface area (Å²) in [5.41, 5.74) is 7.36. The highest BCUT2D eigenvalue weighted by Crippen LogP contribution is 2.28. The summed E-state index contributed by atoms with van der Waals surface area (Å²) in [5.74, 6) is -0.0786. The van der Waals surface area contributed by atoms with Crippen molar-refractivity contribution in [1.29, 1.82) is 0 Å². The van der Waals surface area contributed by atoms with Crippen molar-refractivity contribution in [1.82, 2.24) is 20.2 Å². The SMILES string of the molecule is COC(=O)C1CN(Cc2ccn3c2C(Nc2cccc(OC)c2)NCN3)CCC1NC(=O)OCc1ccccc1. The van der Waals surface area contributed by atoms with Crippen LogP contribution in [0.4, 0.5) is 10.5 Å². The number of carbonyl (C=O) groups excluding carboxylic acids is 2. The minimum atomic E-state index is -0.540. The lowest BCUT2D eigenvalue weighted by Crippen LogP contribution is -2.53. The fourth-order valence-corrected chi connectivity index (χ4v) is 5.29. The largest absolute Gasteiger partial charge is 0.497 e. The summed E-state index contributed by atoms with van der Waals surface area (Å²) in [6.07, 6.45) is 1.94. The minimum Gasteiger partial charge on any atom is -0.497 e. The van der Waals surface area contributed by atoms with Crippen molar-refractivity contribution in [2.24, 2.45) is 5.92 Å². The summed E-state index contributed by atoms with van der Waals surface area (Å²) >= 11 is 0. The first-order chi connectivity index (χ1) is 19.5. The summed E-state index contributed by atoms with van der Waals surface area (Å²) in [5, 5.41) is 9.93. The van der Waals surface area contributed by atoms with E-state index in [-0.39, 0.29) is 24.8 Å². The summed E-state index contributed by atoms with van der Waals surface area (Å²) in [7, 11) is 3.03. The van der Waals surface area contributed by atoms with Crippen LogP contribution in [-0.4, -0.2) is 61.7 Å². The van der Waals surface area contributed by atoms with Gasteiger partial charge >= 0.3 is 12.1 Å². The Morgan fingerprint density at radius 3 is 2.73 bits per heavy atom. The van der Waals surface area contributed by atoms with Gasteiger partial charge in [0.25, 0.3) is 0 Å². The first kappa shape index (κ1) is 27.4. The number of amides is 1. The molecular weight excluding hydrogens is 512 g/mol. The number of alkyl carbamates (subject to hydrolysis) is 1. The van der Waals surface area contributed by atoms with E-state index in [4.69, 9.17) is 14.2 Å². The highest BCUT2D eigenvalue weighted by atomic mass is 16.5. The van der Waals surface area contributed by atoms with Gasteiger partial charge in [0, 0.05) is 43.6 Å². The van der Waals surface area contributed by atoms with Crippen LogP contribution in [0, 0.1) is 5.92 Å². The van der Waals surface area contributed by atoms with Crippen LogP contribution in [0.5, 0.6) is 5.75 Å². The topological polar surface area (TPSA) is 118 Å². The molecule has 3 unspecified atom stereocenters. The van der Waals surface area contributed by atoms with Gasteiger partial charge in [0.2, 0.25) is 0 Å². The standard InChI is InChI=1S/C29H36N6O5/c1-38-23-10-6-9-22(15-23)32-27-26-21(11-14-35(26)31-19-30-27)16-34-13-12-25(24(17-34)28(36)39-2)33-29(37)40-18-20-7-4-3-5-8-20/h3-11,14-15,24-25,27,30-32H,12-13,16-19H2,1-2H3,(H,33,37). The van der Waals surface area contributed by atoms with E-state index in [1.54, 1.807) is 7.11 Å². The Hall–Kier alpha value is -4.22. The maximum absolute atomic E-state index is 12.7. The van der Waals surface area contributed by atoms with E-state index < -0.39 is 12.0 Å². The quantitative estimate of drug-likeness (QED) is 0.299. The molecule has 2 aliphatic rings. The number of hydrogen-bond donors (Lipinski definition) is 4. The Kier molecular flexibility index (Phi) is 8.72. The number of anilines is 1.